The lowest BCUT2D eigenvalue weighted by Gasteiger charge is -2.32. The first kappa shape index (κ1) is 20.2. The second-order valence-electron chi connectivity index (χ2n) is 8.56. The van der Waals surface area contributed by atoms with Crippen LogP contribution in [-0.4, -0.2) is 55.2 Å². The van der Waals surface area contributed by atoms with E-state index in [2.05, 4.69) is 17.6 Å². The van der Waals surface area contributed by atoms with E-state index in [4.69, 9.17) is 0 Å². The molecule has 2 heterocycles. The fraction of sp³-hybridized carbons (Fsp3) is 0.750. The molecule has 0 aromatic carbocycles. The Kier molecular flexibility index (Phi) is 5.73. The van der Waals surface area contributed by atoms with Crippen molar-refractivity contribution in [3.05, 3.63) is 21.4 Å². The minimum Gasteiger partial charge on any atom is -0.349 e. The van der Waals surface area contributed by atoms with E-state index in [9.17, 15) is 18.0 Å². The van der Waals surface area contributed by atoms with Crippen LogP contribution in [0.1, 0.15) is 58.1 Å². The molecule has 3 aliphatic rings. The second-order valence-corrected chi connectivity index (χ2v) is 9.82. The van der Waals surface area contributed by atoms with Gasteiger partial charge in [0, 0.05) is 36.0 Å². The van der Waals surface area contributed by atoms with E-state index in [0.29, 0.717) is 37.9 Å². The lowest BCUT2D eigenvalue weighted by molar-refractivity contribution is -0.148. The molecular formula is C20H28F3N3OS. The molecule has 3 fully saturated rings. The highest BCUT2D eigenvalue weighted by Crippen LogP contribution is 2.45. The summed E-state index contributed by atoms with van der Waals surface area (Å²) in [5, 5.41) is 6.66. The number of rotatable bonds is 7. The van der Waals surface area contributed by atoms with Crippen LogP contribution in [-0.2, 0) is 0 Å². The van der Waals surface area contributed by atoms with Crippen LogP contribution in [0.15, 0.2) is 6.07 Å². The van der Waals surface area contributed by atoms with Gasteiger partial charge in [-0.1, -0.05) is 0 Å². The maximum absolute atomic E-state index is 12.6. The predicted molar refractivity (Wildman–Crippen MR) is 104 cm³/mol. The van der Waals surface area contributed by atoms with Gasteiger partial charge in [0.2, 0.25) is 0 Å². The molecule has 2 saturated carbocycles. The number of amides is 1. The van der Waals surface area contributed by atoms with Crippen LogP contribution in [0.25, 0.3) is 0 Å². The van der Waals surface area contributed by atoms with E-state index >= 15 is 0 Å². The molecule has 0 spiro atoms. The Morgan fingerprint density at radius 1 is 1.25 bits per heavy atom. The monoisotopic (exact) mass is 415 g/mol. The van der Waals surface area contributed by atoms with Crippen molar-refractivity contribution >= 4 is 17.2 Å². The van der Waals surface area contributed by atoms with Crippen molar-refractivity contribution in [2.45, 2.75) is 63.2 Å². The number of carbonyl (C=O) groups is 1. The van der Waals surface area contributed by atoms with Gasteiger partial charge >= 0.3 is 6.18 Å². The zero-order valence-electron chi connectivity index (χ0n) is 16.1. The van der Waals surface area contributed by atoms with Crippen LogP contribution in [0.4, 0.5) is 13.2 Å². The zero-order chi connectivity index (χ0) is 19.9. The molecule has 156 valence electrons. The highest BCUT2D eigenvalue weighted by atomic mass is 32.1. The molecule has 1 aliphatic heterocycles. The summed E-state index contributed by atoms with van der Waals surface area (Å²) >= 11 is 1.53. The van der Waals surface area contributed by atoms with Crippen molar-refractivity contribution in [3.8, 4) is 0 Å². The number of alkyl halides is 3. The first-order valence-corrected chi connectivity index (χ1v) is 11.0. The Morgan fingerprint density at radius 2 is 1.96 bits per heavy atom. The number of hydrogen-bond acceptors (Lipinski definition) is 4. The summed E-state index contributed by atoms with van der Waals surface area (Å²) in [6, 6.07) is 2.52. The van der Waals surface area contributed by atoms with E-state index in [-0.39, 0.29) is 11.9 Å². The SMILES string of the molecule is Cc1sc(C(=O)NC2CCN(CC(F)(F)F)CC2)cc1C1CC1NCC1CC1. The summed E-state index contributed by atoms with van der Waals surface area (Å²) in [7, 11) is 0. The Balaban J connectivity index is 1.25. The lowest BCUT2D eigenvalue weighted by atomic mass is 10.0. The molecule has 2 N–H and O–H groups in total. The van der Waals surface area contributed by atoms with Gasteiger partial charge in [-0.3, -0.25) is 9.69 Å². The number of thiophene rings is 1. The van der Waals surface area contributed by atoms with Crippen LogP contribution in [0.2, 0.25) is 0 Å². The normalized spacial score (nSPS) is 26.4. The molecule has 2 unspecified atom stereocenters. The van der Waals surface area contributed by atoms with Gasteiger partial charge in [-0.2, -0.15) is 13.2 Å². The number of halogens is 3. The van der Waals surface area contributed by atoms with Gasteiger partial charge in [0.05, 0.1) is 11.4 Å². The maximum Gasteiger partial charge on any atom is 0.401 e. The molecule has 2 aliphatic carbocycles. The predicted octanol–water partition coefficient (Wildman–Crippen LogP) is 3.67. The minimum absolute atomic E-state index is 0.0447. The second kappa shape index (κ2) is 7.95. The summed E-state index contributed by atoms with van der Waals surface area (Å²) in [4.78, 5) is 16.0. The highest BCUT2D eigenvalue weighted by Gasteiger charge is 2.41. The molecule has 1 aromatic heterocycles. The molecule has 8 heteroatoms. The van der Waals surface area contributed by atoms with E-state index in [1.165, 1.54) is 39.5 Å². The van der Waals surface area contributed by atoms with Crippen molar-refractivity contribution in [3.63, 3.8) is 0 Å². The number of carbonyl (C=O) groups excluding carboxylic acids is 1. The molecule has 1 amide bonds. The average Bonchev–Trinajstić information content (AvgIpc) is 3.53. The largest absolute Gasteiger partial charge is 0.401 e. The standard InChI is InChI=1S/C20H28F3N3OS/c1-12-15(16-8-17(16)24-10-13-2-3-13)9-18(28-12)19(27)25-14-4-6-26(7-5-14)11-20(21,22)23/h9,13-14,16-17,24H,2-8,10-11H2,1H3,(H,25,27). The lowest BCUT2D eigenvalue weighted by Crippen LogP contribution is -2.46. The van der Waals surface area contributed by atoms with E-state index in [1.54, 1.807) is 0 Å². The molecule has 1 saturated heterocycles. The average molecular weight is 416 g/mol. The van der Waals surface area contributed by atoms with Crippen LogP contribution in [0.5, 0.6) is 0 Å². The number of nitrogens with one attached hydrogen (secondary N) is 2. The molecule has 1 aromatic rings. The van der Waals surface area contributed by atoms with Gasteiger partial charge in [0.1, 0.15) is 0 Å². The number of aryl methyl sites for hydroxylation is 1. The zero-order valence-corrected chi connectivity index (χ0v) is 17.0. The van der Waals surface area contributed by atoms with Crippen LogP contribution >= 0.6 is 11.3 Å². The molecule has 4 rings (SSSR count). The molecular weight excluding hydrogens is 387 g/mol. The van der Waals surface area contributed by atoms with E-state index < -0.39 is 12.7 Å². The van der Waals surface area contributed by atoms with Gasteiger partial charge in [0.15, 0.2) is 0 Å². The van der Waals surface area contributed by atoms with Gasteiger partial charge in [-0.25, -0.2) is 0 Å². The Labute approximate surface area is 167 Å². The fourth-order valence-corrected chi connectivity index (χ4v) is 5.12. The molecule has 0 bridgehead atoms. The molecule has 0 radical (unpaired) electrons. The van der Waals surface area contributed by atoms with Crippen molar-refractivity contribution in [2.75, 3.05) is 26.2 Å². The summed E-state index contributed by atoms with van der Waals surface area (Å²) in [6.45, 7) is 3.07. The highest BCUT2D eigenvalue weighted by molar-refractivity contribution is 7.14. The van der Waals surface area contributed by atoms with Crippen molar-refractivity contribution in [1.29, 1.82) is 0 Å². The van der Waals surface area contributed by atoms with E-state index in [1.807, 2.05) is 6.07 Å². The topological polar surface area (TPSA) is 44.4 Å². The molecule has 4 nitrogen and oxygen atoms in total. The smallest absolute Gasteiger partial charge is 0.349 e. The first-order chi connectivity index (χ1) is 13.3. The molecule has 2 atom stereocenters. The van der Waals surface area contributed by atoms with Gasteiger partial charge in [0.25, 0.3) is 5.91 Å². The van der Waals surface area contributed by atoms with Crippen LogP contribution < -0.4 is 10.6 Å². The van der Waals surface area contributed by atoms with Crippen LogP contribution in [0.3, 0.4) is 0 Å². The van der Waals surface area contributed by atoms with Crippen LogP contribution in [0, 0.1) is 12.8 Å². The summed E-state index contributed by atoms with van der Waals surface area (Å²) in [5.74, 6) is 1.30. The van der Waals surface area contributed by atoms with Gasteiger partial charge in [-0.15, -0.1) is 11.3 Å². The van der Waals surface area contributed by atoms with Crippen molar-refractivity contribution < 1.29 is 18.0 Å². The number of nitrogens with zero attached hydrogens (tertiary/aromatic N) is 1. The Morgan fingerprint density at radius 3 is 2.61 bits per heavy atom. The third-order valence-electron chi connectivity index (χ3n) is 6.06. The Hall–Kier alpha value is -1.12. The minimum atomic E-state index is -4.16. The summed E-state index contributed by atoms with van der Waals surface area (Å²) in [5.41, 5.74) is 1.28. The number of likely N-dealkylation sites (tertiary alicyclic amines) is 1. The number of piperidine rings is 1. The molecule has 28 heavy (non-hydrogen) atoms. The summed E-state index contributed by atoms with van der Waals surface area (Å²) < 4.78 is 37.4. The third-order valence-corrected chi connectivity index (χ3v) is 7.13. The van der Waals surface area contributed by atoms with E-state index in [0.717, 1.165) is 23.8 Å². The van der Waals surface area contributed by atoms with Crippen molar-refractivity contribution in [1.82, 2.24) is 15.5 Å². The first-order valence-electron chi connectivity index (χ1n) is 10.2. The summed E-state index contributed by atoms with van der Waals surface area (Å²) in [6.07, 6.45) is 0.810. The quantitative estimate of drug-likeness (QED) is 0.714. The van der Waals surface area contributed by atoms with Gasteiger partial charge < -0.3 is 10.6 Å². The van der Waals surface area contributed by atoms with Gasteiger partial charge in [-0.05, 0) is 63.1 Å². The number of hydrogen-bond donors (Lipinski definition) is 2. The van der Waals surface area contributed by atoms with Crippen molar-refractivity contribution in [2.24, 2.45) is 5.92 Å². The fourth-order valence-electron chi connectivity index (χ4n) is 4.13. The third kappa shape index (κ3) is 5.27. The Bertz CT molecular complexity index is 708. The maximum atomic E-state index is 12.6.